The Labute approximate surface area is 97.1 Å². The molecule has 0 bridgehead atoms. The van der Waals surface area contributed by atoms with Crippen molar-refractivity contribution in [3.05, 3.63) is 5.51 Å². The minimum absolute atomic E-state index is 0.317. The predicted molar refractivity (Wildman–Crippen MR) is 60.8 cm³/mol. The molecule has 1 fully saturated rings. The van der Waals surface area contributed by atoms with Crippen LogP contribution in [0.2, 0.25) is 0 Å². The Hall–Kier alpha value is -0.640. The van der Waals surface area contributed by atoms with Crippen LogP contribution in [0.3, 0.4) is 0 Å². The molecule has 0 saturated heterocycles. The molecule has 2 rings (SSSR count). The van der Waals surface area contributed by atoms with Gasteiger partial charge < -0.3 is 5.32 Å². The predicted octanol–water partition coefficient (Wildman–Crippen LogP) is 1.66. The van der Waals surface area contributed by atoms with E-state index in [0.717, 1.165) is 23.6 Å². The summed E-state index contributed by atoms with van der Waals surface area (Å²) in [5, 5.41) is 20.5. The number of nitrogens with zero attached hydrogens (tertiary/aromatic N) is 3. The molecule has 1 aliphatic rings. The Morgan fingerprint density at radius 3 is 3.20 bits per heavy atom. The van der Waals surface area contributed by atoms with Crippen LogP contribution < -0.4 is 5.32 Å². The van der Waals surface area contributed by atoms with Crippen molar-refractivity contribution in [2.45, 2.75) is 34.4 Å². The zero-order valence-corrected chi connectivity index (χ0v) is 10.1. The van der Waals surface area contributed by atoms with Gasteiger partial charge in [-0.05, 0) is 26.3 Å². The number of hydrogen-bond donors (Lipinski definition) is 1. The van der Waals surface area contributed by atoms with Gasteiger partial charge in [0.05, 0.1) is 6.07 Å². The first-order chi connectivity index (χ1) is 7.28. The number of hydrogen-bond acceptors (Lipinski definition) is 6. The van der Waals surface area contributed by atoms with Crippen molar-refractivity contribution in [3.8, 4) is 6.07 Å². The lowest BCUT2D eigenvalue weighted by atomic mass is 10.0. The summed E-state index contributed by atoms with van der Waals surface area (Å²) in [6, 6.07) is 2.38. The van der Waals surface area contributed by atoms with Crippen molar-refractivity contribution in [3.63, 3.8) is 0 Å². The van der Waals surface area contributed by atoms with Gasteiger partial charge in [0.2, 0.25) is 0 Å². The number of nitriles is 1. The largest absolute Gasteiger partial charge is 0.302 e. The highest BCUT2D eigenvalue weighted by Gasteiger charge is 2.38. The van der Waals surface area contributed by atoms with Gasteiger partial charge in [0.1, 0.15) is 11.0 Å². The Balaban J connectivity index is 1.96. The molecule has 2 unspecified atom stereocenters. The van der Waals surface area contributed by atoms with E-state index < -0.39 is 0 Å². The second kappa shape index (κ2) is 4.47. The van der Waals surface area contributed by atoms with Gasteiger partial charge in [0.15, 0.2) is 4.34 Å². The molecule has 0 radical (unpaired) electrons. The zero-order chi connectivity index (χ0) is 10.7. The number of nitrogens with one attached hydrogen (secondary N) is 1. The first kappa shape index (κ1) is 10.9. The van der Waals surface area contributed by atoms with Crippen molar-refractivity contribution in [1.82, 2.24) is 15.5 Å². The summed E-state index contributed by atoms with van der Waals surface area (Å²) >= 11 is 3.31. The molecule has 1 N–H and O–H groups in total. The molecule has 1 aromatic rings. The van der Waals surface area contributed by atoms with Gasteiger partial charge in [-0.25, -0.2) is 0 Å². The van der Waals surface area contributed by atoms with Gasteiger partial charge in [-0.2, -0.15) is 5.26 Å². The lowest BCUT2D eigenvalue weighted by Crippen LogP contribution is -2.38. The van der Waals surface area contributed by atoms with Gasteiger partial charge in [-0.1, -0.05) is 23.1 Å². The van der Waals surface area contributed by atoms with Crippen molar-refractivity contribution in [2.24, 2.45) is 0 Å². The van der Waals surface area contributed by atoms with Crippen molar-refractivity contribution < 1.29 is 0 Å². The molecule has 2 atom stereocenters. The van der Waals surface area contributed by atoms with Crippen molar-refractivity contribution in [1.29, 1.82) is 5.26 Å². The molecule has 0 amide bonds. The molecule has 1 saturated carbocycles. The van der Waals surface area contributed by atoms with Crippen LogP contribution >= 0.6 is 23.1 Å². The van der Waals surface area contributed by atoms with Gasteiger partial charge in [-0.3, -0.25) is 0 Å². The maximum atomic E-state index is 9.11. The molecule has 80 valence electrons. The molecule has 6 heteroatoms. The summed E-state index contributed by atoms with van der Waals surface area (Å²) in [4.78, 5) is 0. The average molecular weight is 240 g/mol. The maximum absolute atomic E-state index is 9.11. The fourth-order valence-electron chi connectivity index (χ4n) is 1.84. The van der Waals surface area contributed by atoms with Gasteiger partial charge in [-0.15, -0.1) is 10.2 Å². The molecule has 1 heterocycles. The topological polar surface area (TPSA) is 61.6 Å². The molecule has 1 aromatic heterocycles. The summed E-state index contributed by atoms with van der Waals surface area (Å²) < 4.78 is 1.00. The van der Waals surface area contributed by atoms with Crippen LogP contribution in [0.1, 0.15) is 19.3 Å². The standard InChI is InChI=1S/C9H12N4S2/c1-11-9(5-10)3-2-7(4-9)15-8-13-12-6-14-8/h6-7,11H,2-4H2,1H3. The molecule has 15 heavy (non-hydrogen) atoms. The number of rotatable bonds is 3. The first-order valence-corrected chi connectivity index (χ1v) is 6.57. The number of thioether (sulfide) groups is 1. The van der Waals surface area contributed by atoms with Crippen molar-refractivity contribution >= 4 is 23.1 Å². The molecular formula is C9H12N4S2. The third kappa shape index (κ3) is 2.30. The van der Waals surface area contributed by atoms with Crippen LogP contribution in [0.4, 0.5) is 0 Å². The van der Waals surface area contributed by atoms with Crippen LogP contribution in [0.15, 0.2) is 9.85 Å². The molecular weight excluding hydrogens is 228 g/mol. The Kier molecular flexibility index (Phi) is 3.24. The van der Waals surface area contributed by atoms with Crippen molar-refractivity contribution in [2.75, 3.05) is 7.05 Å². The van der Waals surface area contributed by atoms with E-state index in [1.54, 1.807) is 28.6 Å². The fourth-order valence-corrected chi connectivity index (χ4v) is 3.86. The molecule has 1 aliphatic carbocycles. The van der Waals surface area contributed by atoms with E-state index in [-0.39, 0.29) is 5.54 Å². The fraction of sp³-hybridized carbons (Fsp3) is 0.667. The highest BCUT2D eigenvalue weighted by atomic mass is 32.2. The smallest absolute Gasteiger partial charge is 0.174 e. The minimum atomic E-state index is -0.317. The van der Waals surface area contributed by atoms with Crippen LogP contribution in [-0.4, -0.2) is 28.0 Å². The Bertz CT molecular complexity index is 359. The average Bonchev–Trinajstić information content (AvgIpc) is 2.89. The maximum Gasteiger partial charge on any atom is 0.174 e. The van der Waals surface area contributed by atoms with E-state index >= 15 is 0 Å². The summed E-state index contributed by atoms with van der Waals surface area (Å²) in [5.41, 5.74) is 1.43. The van der Waals surface area contributed by atoms with E-state index in [4.69, 9.17) is 5.26 Å². The van der Waals surface area contributed by atoms with E-state index in [1.165, 1.54) is 0 Å². The summed E-state index contributed by atoms with van der Waals surface area (Å²) in [6.07, 6.45) is 2.89. The zero-order valence-electron chi connectivity index (χ0n) is 8.43. The van der Waals surface area contributed by atoms with Crippen LogP contribution in [-0.2, 0) is 0 Å². The van der Waals surface area contributed by atoms with Crippen LogP contribution in [0.25, 0.3) is 0 Å². The Morgan fingerprint density at radius 2 is 2.67 bits per heavy atom. The van der Waals surface area contributed by atoms with E-state index in [1.807, 2.05) is 7.05 Å². The monoisotopic (exact) mass is 240 g/mol. The SMILES string of the molecule is CNC1(C#N)CCC(Sc2nncs2)C1. The lowest BCUT2D eigenvalue weighted by molar-refractivity contribution is 0.464. The van der Waals surface area contributed by atoms with Gasteiger partial charge in [0, 0.05) is 5.25 Å². The first-order valence-electron chi connectivity index (χ1n) is 4.81. The van der Waals surface area contributed by atoms with Crippen LogP contribution in [0, 0.1) is 11.3 Å². The van der Waals surface area contributed by atoms with E-state index in [0.29, 0.717) is 5.25 Å². The lowest BCUT2D eigenvalue weighted by Gasteiger charge is -2.19. The minimum Gasteiger partial charge on any atom is -0.302 e. The van der Waals surface area contributed by atoms with Crippen LogP contribution in [0.5, 0.6) is 0 Å². The van der Waals surface area contributed by atoms with E-state index in [2.05, 4.69) is 21.6 Å². The quantitative estimate of drug-likeness (QED) is 0.870. The summed E-state index contributed by atoms with van der Waals surface area (Å²) in [6.45, 7) is 0. The van der Waals surface area contributed by atoms with Gasteiger partial charge >= 0.3 is 0 Å². The molecule has 4 nitrogen and oxygen atoms in total. The Morgan fingerprint density at radius 1 is 1.80 bits per heavy atom. The second-order valence-corrected chi connectivity index (χ2v) is 6.01. The highest BCUT2D eigenvalue weighted by Crippen LogP contribution is 2.39. The normalized spacial score (nSPS) is 30.3. The summed E-state index contributed by atoms with van der Waals surface area (Å²) in [7, 11) is 1.86. The van der Waals surface area contributed by atoms with Gasteiger partial charge in [0.25, 0.3) is 0 Å². The molecule has 0 aromatic carbocycles. The summed E-state index contributed by atoms with van der Waals surface area (Å²) in [5.74, 6) is 0. The highest BCUT2D eigenvalue weighted by molar-refractivity contribution is 8.01. The van der Waals surface area contributed by atoms with E-state index in [9.17, 15) is 0 Å². The molecule has 0 aliphatic heterocycles. The third-order valence-electron chi connectivity index (χ3n) is 2.77. The third-order valence-corrected chi connectivity index (χ3v) is 4.85. The second-order valence-electron chi connectivity index (χ2n) is 3.63. The molecule has 0 spiro atoms. The number of aromatic nitrogens is 2.